The van der Waals surface area contributed by atoms with Crippen LogP contribution in [0, 0.1) is 27.7 Å². The summed E-state index contributed by atoms with van der Waals surface area (Å²) < 4.78 is 2.39. The smallest absolute Gasteiger partial charge is 0.174 e. The molecular weight excluding hydrogens is 462 g/mol. The predicted octanol–water partition coefficient (Wildman–Crippen LogP) is 6.35. The van der Waals surface area contributed by atoms with Crippen LogP contribution in [0.4, 0.5) is 11.4 Å². The number of nitrogens with zero attached hydrogens (tertiary/aromatic N) is 4. The van der Waals surface area contributed by atoms with Crippen LogP contribution in [0.2, 0.25) is 0 Å². The monoisotopic (exact) mass is 495 g/mol. The zero-order valence-electron chi connectivity index (χ0n) is 21.8. The molecule has 0 radical (unpaired) electrons. The molecular formula is C30H33N5S. The van der Waals surface area contributed by atoms with E-state index >= 15 is 0 Å². The van der Waals surface area contributed by atoms with Crippen molar-refractivity contribution in [2.24, 2.45) is 0 Å². The highest BCUT2D eigenvalue weighted by molar-refractivity contribution is 7.80. The Labute approximate surface area is 219 Å². The topological polar surface area (TPSA) is 36.3 Å². The Balaban J connectivity index is 1.68. The Kier molecular flexibility index (Phi) is 6.31. The number of hydrogen-bond acceptors (Lipinski definition) is 3. The van der Waals surface area contributed by atoms with Gasteiger partial charge in [0.15, 0.2) is 5.11 Å². The van der Waals surface area contributed by atoms with Gasteiger partial charge in [0.1, 0.15) is 0 Å². The Morgan fingerprint density at radius 2 is 1.58 bits per heavy atom. The molecule has 2 unspecified atom stereocenters. The van der Waals surface area contributed by atoms with Gasteiger partial charge in [-0.3, -0.25) is 4.98 Å². The molecule has 4 aromatic rings. The lowest BCUT2D eigenvalue weighted by Crippen LogP contribution is -2.29. The molecule has 2 aromatic heterocycles. The maximum absolute atomic E-state index is 5.95. The Morgan fingerprint density at radius 3 is 2.19 bits per heavy atom. The fourth-order valence-corrected chi connectivity index (χ4v) is 5.80. The summed E-state index contributed by atoms with van der Waals surface area (Å²) in [5.74, 6) is 0. The molecule has 1 saturated heterocycles. The molecule has 1 fully saturated rings. The lowest BCUT2D eigenvalue weighted by molar-refractivity contribution is 0.565. The van der Waals surface area contributed by atoms with Gasteiger partial charge in [-0.25, -0.2) is 0 Å². The number of nitrogens with one attached hydrogen (secondary N) is 1. The summed E-state index contributed by atoms with van der Waals surface area (Å²) in [7, 11) is 4.11. The number of benzene rings is 2. The quantitative estimate of drug-likeness (QED) is 0.327. The van der Waals surface area contributed by atoms with E-state index in [1.807, 2.05) is 18.3 Å². The van der Waals surface area contributed by atoms with Crippen molar-refractivity contribution in [2.75, 3.05) is 23.9 Å². The molecule has 1 aliphatic rings. The van der Waals surface area contributed by atoms with Crippen LogP contribution in [0.5, 0.6) is 0 Å². The van der Waals surface area contributed by atoms with E-state index in [0.29, 0.717) is 5.11 Å². The Hall–Kier alpha value is -3.64. The van der Waals surface area contributed by atoms with Crippen LogP contribution in [-0.4, -0.2) is 28.8 Å². The van der Waals surface area contributed by atoms with E-state index in [9.17, 15) is 0 Å². The predicted molar refractivity (Wildman–Crippen MR) is 153 cm³/mol. The number of thiocarbonyl (C=S) groups is 1. The van der Waals surface area contributed by atoms with E-state index in [1.165, 1.54) is 33.8 Å². The van der Waals surface area contributed by atoms with Crippen LogP contribution in [-0.2, 0) is 0 Å². The number of aromatic nitrogens is 2. The lowest BCUT2D eigenvalue weighted by atomic mass is 9.96. The third-order valence-corrected chi connectivity index (χ3v) is 7.51. The van der Waals surface area contributed by atoms with Gasteiger partial charge in [0.2, 0.25) is 0 Å². The van der Waals surface area contributed by atoms with Gasteiger partial charge in [-0.05, 0) is 99.1 Å². The van der Waals surface area contributed by atoms with E-state index in [2.05, 4.69) is 116 Å². The lowest BCUT2D eigenvalue weighted by Gasteiger charge is -2.29. The first-order valence-electron chi connectivity index (χ1n) is 12.3. The molecule has 5 rings (SSSR count). The SMILES string of the molecule is Cc1cccc(C)c1-n1c(C)cc(C2C(c3ccccn3)NC(=S)N2c2ccc(N(C)C)cc2)c1C. The average molecular weight is 496 g/mol. The molecule has 1 aliphatic heterocycles. The van der Waals surface area contributed by atoms with Gasteiger partial charge in [-0.1, -0.05) is 24.3 Å². The summed E-state index contributed by atoms with van der Waals surface area (Å²) in [6.07, 6.45) is 1.85. The van der Waals surface area contributed by atoms with Gasteiger partial charge in [0.25, 0.3) is 0 Å². The van der Waals surface area contributed by atoms with Crippen molar-refractivity contribution in [1.29, 1.82) is 0 Å². The molecule has 1 N–H and O–H groups in total. The fourth-order valence-electron chi connectivity index (χ4n) is 5.45. The molecule has 184 valence electrons. The molecule has 0 amide bonds. The fraction of sp³-hybridized carbons (Fsp3) is 0.267. The average Bonchev–Trinajstić information content (AvgIpc) is 3.35. The second kappa shape index (κ2) is 9.43. The van der Waals surface area contributed by atoms with Crippen molar-refractivity contribution < 1.29 is 0 Å². The van der Waals surface area contributed by atoms with Gasteiger partial charge in [0, 0.05) is 43.1 Å². The Morgan fingerprint density at radius 1 is 0.889 bits per heavy atom. The maximum Gasteiger partial charge on any atom is 0.174 e. The van der Waals surface area contributed by atoms with Crippen LogP contribution < -0.4 is 15.1 Å². The molecule has 6 heteroatoms. The maximum atomic E-state index is 5.95. The van der Waals surface area contributed by atoms with Crippen molar-refractivity contribution in [3.8, 4) is 5.69 Å². The second-order valence-electron chi connectivity index (χ2n) is 9.81. The Bertz CT molecular complexity index is 1390. The third kappa shape index (κ3) is 4.05. The molecule has 0 saturated carbocycles. The van der Waals surface area contributed by atoms with Crippen LogP contribution >= 0.6 is 12.2 Å². The number of rotatable bonds is 5. The number of hydrogen-bond donors (Lipinski definition) is 1. The van der Waals surface area contributed by atoms with E-state index in [4.69, 9.17) is 17.2 Å². The highest BCUT2D eigenvalue weighted by Gasteiger charge is 2.42. The summed E-state index contributed by atoms with van der Waals surface area (Å²) in [6, 6.07) is 23.4. The summed E-state index contributed by atoms with van der Waals surface area (Å²) in [4.78, 5) is 9.08. The van der Waals surface area contributed by atoms with Crippen LogP contribution in [0.1, 0.15) is 45.9 Å². The number of aryl methyl sites for hydroxylation is 3. The van der Waals surface area contributed by atoms with E-state index in [-0.39, 0.29) is 12.1 Å². The zero-order chi connectivity index (χ0) is 25.6. The molecule has 2 atom stereocenters. The standard InChI is InChI=1S/C30H33N5S/c1-19-10-9-11-20(2)28(19)34-21(3)18-25(22(34)4)29-27(26-12-7-8-17-31-26)32-30(36)35(29)24-15-13-23(14-16-24)33(5)6/h7-18,27,29H,1-6H3,(H,32,36). The summed E-state index contributed by atoms with van der Waals surface area (Å²) in [6.45, 7) is 8.78. The molecule has 0 bridgehead atoms. The van der Waals surface area contributed by atoms with Crippen molar-refractivity contribution in [2.45, 2.75) is 39.8 Å². The van der Waals surface area contributed by atoms with Crippen LogP contribution in [0.3, 0.4) is 0 Å². The zero-order valence-corrected chi connectivity index (χ0v) is 22.6. The van der Waals surface area contributed by atoms with E-state index in [0.717, 1.165) is 17.1 Å². The van der Waals surface area contributed by atoms with Crippen LogP contribution in [0.25, 0.3) is 5.69 Å². The minimum Gasteiger partial charge on any atom is -0.378 e. The molecule has 2 aromatic carbocycles. The minimum absolute atomic E-state index is 0.0399. The van der Waals surface area contributed by atoms with E-state index in [1.54, 1.807) is 0 Å². The second-order valence-corrected chi connectivity index (χ2v) is 10.2. The summed E-state index contributed by atoms with van der Waals surface area (Å²) in [5.41, 5.74) is 10.7. The summed E-state index contributed by atoms with van der Waals surface area (Å²) >= 11 is 5.95. The van der Waals surface area contributed by atoms with Gasteiger partial charge < -0.3 is 19.7 Å². The number of para-hydroxylation sites is 1. The number of pyridine rings is 1. The summed E-state index contributed by atoms with van der Waals surface area (Å²) in [5, 5.41) is 4.31. The van der Waals surface area contributed by atoms with Gasteiger partial charge in [-0.15, -0.1) is 0 Å². The normalized spacial score (nSPS) is 17.4. The van der Waals surface area contributed by atoms with E-state index < -0.39 is 0 Å². The van der Waals surface area contributed by atoms with Crippen molar-refractivity contribution in [3.05, 3.63) is 107 Å². The highest BCUT2D eigenvalue weighted by Crippen LogP contribution is 2.44. The van der Waals surface area contributed by atoms with Gasteiger partial charge >= 0.3 is 0 Å². The molecule has 0 spiro atoms. The molecule has 5 nitrogen and oxygen atoms in total. The minimum atomic E-state index is -0.0702. The highest BCUT2D eigenvalue weighted by atomic mass is 32.1. The van der Waals surface area contributed by atoms with Gasteiger partial charge in [0.05, 0.1) is 23.5 Å². The first kappa shape index (κ1) is 24.1. The molecule has 36 heavy (non-hydrogen) atoms. The van der Waals surface area contributed by atoms with Crippen molar-refractivity contribution in [3.63, 3.8) is 0 Å². The largest absolute Gasteiger partial charge is 0.378 e. The van der Waals surface area contributed by atoms with Crippen molar-refractivity contribution in [1.82, 2.24) is 14.9 Å². The number of anilines is 2. The first-order chi connectivity index (χ1) is 17.3. The van der Waals surface area contributed by atoms with Crippen LogP contribution in [0.15, 0.2) is 72.9 Å². The molecule has 3 heterocycles. The third-order valence-electron chi connectivity index (χ3n) is 7.19. The molecule has 0 aliphatic carbocycles. The van der Waals surface area contributed by atoms with Gasteiger partial charge in [-0.2, -0.15) is 0 Å². The first-order valence-corrected chi connectivity index (χ1v) is 12.7. The van der Waals surface area contributed by atoms with Crippen molar-refractivity contribution >= 4 is 28.7 Å².